The molecule has 0 saturated heterocycles. The van der Waals surface area contributed by atoms with Crippen molar-refractivity contribution in [3.8, 4) is 11.1 Å². The SMILES string of the molecule is CCCCCCCCCC[NH][Ti]([C]1=C(C)C(C)=C(C)C1C)[SiH](C)C.c1ccc(-c2ccccc2)cc1. The molecule has 1 aliphatic carbocycles. The van der Waals surface area contributed by atoms with Gasteiger partial charge in [0.15, 0.2) is 0 Å². The molecule has 1 nitrogen and oxygen atoms in total. The Kier molecular flexibility index (Phi) is 15.0. The van der Waals surface area contributed by atoms with E-state index in [-0.39, 0.29) is 0 Å². The number of benzene rings is 2. The molecule has 1 atom stereocenters. The van der Waals surface area contributed by atoms with Gasteiger partial charge in [0.2, 0.25) is 0 Å². The van der Waals surface area contributed by atoms with Crippen LogP contribution in [0.3, 0.4) is 0 Å². The number of rotatable bonds is 13. The van der Waals surface area contributed by atoms with Crippen LogP contribution in [0.25, 0.3) is 11.1 Å². The summed E-state index contributed by atoms with van der Waals surface area (Å²) in [6.07, 6.45) is 11.4. The predicted octanol–water partition coefficient (Wildman–Crippen LogP) is 9.85. The molecule has 0 fully saturated rings. The molecule has 197 valence electrons. The molecule has 3 heteroatoms. The number of allylic oxidation sites excluding steroid dienone is 4. The minimum Gasteiger partial charge on any atom is -0.0622 e. The van der Waals surface area contributed by atoms with Crippen LogP contribution >= 0.6 is 0 Å². The molecule has 1 N–H and O–H groups in total. The first-order chi connectivity index (χ1) is 17.4. The van der Waals surface area contributed by atoms with Gasteiger partial charge in [-0.2, -0.15) is 0 Å². The Morgan fingerprint density at radius 1 is 0.694 bits per heavy atom. The first-order valence-electron chi connectivity index (χ1n) is 14.5. The van der Waals surface area contributed by atoms with Crippen LogP contribution in [0.15, 0.2) is 81.3 Å². The summed E-state index contributed by atoms with van der Waals surface area (Å²) >= 11 is -1.22. The van der Waals surface area contributed by atoms with E-state index in [0.717, 1.165) is 5.92 Å². The molecule has 2 aromatic carbocycles. The molecule has 0 radical (unpaired) electrons. The van der Waals surface area contributed by atoms with Gasteiger partial charge in [0.1, 0.15) is 0 Å². The van der Waals surface area contributed by atoms with E-state index >= 15 is 0 Å². The minimum absolute atomic E-state index is 0.577. The third kappa shape index (κ3) is 9.93. The van der Waals surface area contributed by atoms with Crippen molar-refractivity contribution in [2.45, 2.75) is 99.1 Å². The molecule has 1 unspecified atom stereocenters. The minimum atomic E-state index is -1.22. The van der Waals surface area contributed by atoms with Crippen LogP contribution in [0.1, 0.15) is 86.0 Å². The van der Waals surface area contributed by atoms with Crippen LogP contribution in [0.5, 0.6) is 0 Å². The van der Waals surface area contributed by atoms with Crippen molar-refractivity contribution in [3.05, 3.63) is 81.3 Å². The van der Waals surface area contributed by atoms with Gasteiger partial charge in [-0.1, -0.05) is 60.7 Å². The third-order valence-electron chi connectivity index (χ3n) is 7.73. The smallest absolute Gasteiger partial charge is 0.0184 e. The van der Waals surface area contributed by atoms with Gasteiger partial charge in [-0.05, 0) is 11.1 Å². The van der Waals surface area contributed by atoms with Crippen LogP contribution in [0, 0.1) is 5.92 Å². The molecule has 0 saturated carbocycles. The van der Waals surface area contributed by atoms with E-state index in [1.807, 2.05) is 16.0 Å². The first-order valence-corrected chi connectivity index (χ1v) is 21.6. The van der Waals surface area contributed by atoms with Gasteiger partial charge in [0.05, 0.1) is 0 Å². The second kappa shape index (κ2) is 17.3. The van der Waals surface area contributed by atoms with Gasteiger partial charge < -0.3 is 0 Å². The van der Waals surface area contributed by atoms with Crippen molar-refractivity contribution in [1.82, 2.24) is 3.80 Å². The Morgan fingerprint density at radius 3 is 1.58 bits per heavy atom. The zero-order valence-corrected chi connectivity index (χ0v) is 27.0. The van der Waals surface area contributed by atoms with Gasteiger partial charge >= 0.3 is 160 Å². The molecule has 0 amide bonds. The van der Waals surface area contributed by atoms with Crippen LogP contribution < -0.4 is 3.80 Å². The van der Waals surface area contributed by atoms with Crippen LogP contribution in [0.4, 0.5) is 0 Å². The zero-order valence-electron chi connectivity index (χ0n) is 24.3. The Balaban J connectivity index is 0.000000313. The zero-order chi connectivity index (χ0) is 26.3. The van der Waals surface area contributed by atoms with E-state index in [1.54, 1.807) is 16.7 Å². The van der Waals surface area contributed by atoms with E-state index in [2.05, 4.69) is 100 Å². The van der Waals surface area contributed by atoms with Gasteiger partial charge in [-0.15, -0.1) is 0 Å². The summed E-state index contributed by atoms with van der Waals surface area (Å²) in [5, 5.41) is 0. The molecule has 1 aliphatic rings. The van der Waals surface area contributed by atoms with E-state index in [4.69, 9.17) is 0 Å². The summed E-state index contributed by atoms with van der Waals surface area (Å²) in [4.78, 5) is 0. The van der Waals surface area contributed by atoms with E-state index < -0.39 is 24.0 Å². The maximum atomic E-state index is 4.12. The predicted molar refractivity (Wildman–Crippen MR) is 162 cm³/mol. The molecule has 36 heavy (non-hydrogen) atoms. The summed E-state index contributed by atoms with van der Waals surface area (Å²) in [6, 6.07) is 20.8. The summed E-state index contributed by atoms with van der Waals surface area (Å²) in [6.45, 7) is 17.7. The normalized spacial score (nSPS) is 15.4. The van der Waals surface area contributed by atoms with Gasteiger partial charge in [-0.25, -0.2) is 0 Å². The topological polar surface area (TPSA) is 12.0 Å². The second-order valence-electron chi connectivity index (χ2n) is 10.8. The van der Waals surface area contributed by atoms with E-state index in [0.29, 0.717) is 0 Å². The fourth-order valence-corrected chi connectivity index (χ4v) is 16.5. The summed E-state index contributed by atoms with van der Waals surface area (Å²) in [5.41, 5.74) is 7.43. The first kappa shape index (κ1) is 31.0. The van der Waals surface area contributed by atoms with Crippen LogP contribution in [0.2, 0.25) is 13.1 Å². The maximum absolute atomic E-state index is 4.12. The van der Waals surface area contributed by atoms with E-state index in [1.165, 1.54) is 69.0 Å². The van der Waals surface area contributed by atoms with Crippen molar-refractivity contribution in [2.24, 2.45) is 5.92 Å². The average molecular weight is 539 g/mol. The molecular formula is C33H52NSiTi. The Hall–Kier alpha value is -1.19. The van der Waals surface area contributed by atoms with Gasteiger partial charge in [0, 0.05) is 0 Å². The summed E-state index contributed by atoms with van der Waals surface area (Å²) < 4.78 is 6.00. The number of nitrogens with one attached hydrogen (secondary N) is 1. The van der Waals surface area contributed by atoms with Crippen LogP contribution in [-0.4, -0.2) is 13.2 Å². The quantitative estimate of drug-likeness (QED) is 0.198. The number of hydrogen-bond acceptors (Lipinski definition) is 1. The maximum Gasteiger partial charge on any atom is -0.0184 e. The fraction of sp³-hybridized carbons (Fsp3) is 0.515. The molecule has 0 heterocycles. The van der Waals surface area contributed by atoms with Gasteiger partial charge in [-0.3, -0.25) is 0 Å². The average Bonchev–Trinajstić information content (AvgIpc) is 3.09. The monoisotopic (exact) mass is 538 g/mol. The van der Waals surface area contributed by atoms with Crippen molar-refractivity contribution >= 4 is 6.66 Å². The van der Waals surface area contributed by atoms with Crippen molar-refractivity contribution in [3.63, 3.8) is 0 Å². The Bertz CT molecular complexity index is 895. The Labute approximate surface area is 230 Å². The van der Waals surface area contributed by atoms with Crippen molar-refractivity contribution < 1.29 is 17.4 Å². The number of hydrogen-bond donors (Lipinski definition) is 1. The van der Waals surface area contributed by atoms with E-state index in [9.17, 15) is 0 Å². The molecule has 0 bridgehead atoms. The number of unbranched alkanes of at least 4 members (excludes halogenated alkanes) is 7. The fourth-order valence-electron chi connectivity index (χ4n) is 5.15. The van der Waals surface area contributed by atoms with Crippen molar-refractivity contribution in [1.29, 1.82) is 0 Å². The molecular weight excluding hydrogens is 486 g/mol. The third-order valence-corrected chi connectivity index (χ3v) is 19.6. The summed E-state index contributed by atoms with van der Waals surface area (Å²) in [7, 11) is 0. The Morgan fingerprint density at radius 2 is 1.17 bits per heavy atom. The molecule has 3 rings (SSSR count). The standard InChI is InChI=1S/C12H10.C10H22N.C9H13.C2H7Si.Ti/c1-3-7-11(8-4-1)12-9-5-2-6-10-12;1-2-3-4-5-6-7-8-9-10-11;1-6-5-7(2)9(4)8(6)3;1-3-2;/h1-10H;11H,2-10H2,1H3;6H,1-4H3;3H,1-2H3;/q;-1;;;+1. The second-order valence-corrected chi connectivity index (χ2v) is 23.6. The molecule has 2 aromatic rings. The molecule has 0 aromatic heterocycles. The summed E-state index contributed by atoms with van der Waals surface area (Å²) in [5.74, 6) is 0.723. The van der Waals surface area contributed by atoms with Crippen LogP contribution in [-0.2, 0) is 17.4 Å². The van der Waals surface area contributed by atoms with Gasteiger partial charge in [0.25, 0.3) is 0 Å². The molecule has 0 spiro atoms. The largest absolute Gasteiger partial charge is 0.0622 e. The van der Waals surface area contributed by atoms with Crippen molar-refractivity contribution in [2.75, 3.05) is 6.54 Å². The molecule has 0 aliphatic heterocycles.